The molecule has 2 aromatic rings. The molecule has 0 spiro atoms. The highest BCUT2D eigenvalue weighted by Gasteiger charge is 2.32. The van der Waals surface area contributed by atoms with Crippen LogP contribution in [0, 0.1) is 17.6 Å². The average molecular weight is 500 g/mol. The van der Waals surface area contributed by atoms with Crippen LogP contribution in [-0.4, -0.2) is 58.0 Å². The van der Waals surface area contributed by atoms with Gasteiger partial charge in [-0.2, -0.15) is 4.31 Å². The van der Waals surface area contributed by atoms with Crippen molar-refractivity contribution in [2.45, 2.75) is 17.7 Å². The molecule has 2 saturated heterocycles. The van der Waals surface area contributed by atoms with Gasteiger partial charge in [-0.1, -0.05) is 11.6 Å². The van der Waals surface area contributed by atoms with E-state index in [-0.39, 0.29) is 28.9 Å². The first-order valence-electron chi connectivity index (χ1n) is 10.6. The normalized spacial score (nSPS) is 18.3. The van der Waals surface area contributed by atoms with E-state index in [0.717, 1.165) is 12.1 Å². The van der Waals surface area contributed by atoms with Crippen LogP contribution in [0.2, 0.25) is 5.02 Å². The Bertz CT molecular complexity index is 1130. The second kappa shape index (κ2) is 9.92. The quantitative estimate of drug-likeness (QED) is 0.681. The van der Waals surface area contributed by atoms with Gasteiger partial charge in [-0.25, -0.2) is 17.2 Å². The molecule has 0 radical (unpaired) electrons. The molecular formula is C22H24ClF2N3O4S. The number of nitrogens with one attached hydrogen (secondary N) is 1. The van der Waals surface area contributed by atoms with Crippen LogP contribution in [0.4, 0.5) is 20.2 Å². The molecular weight excluding hydrogens is 476 g/mol. The van der Waals surface area contributed by atoms with Crippen LogP contribution >= 0.6 is 11.6 Å². The van der Waals surface area contributed by atoms with Gasteiger partial charge in [-0.15, -0.1) is 0 Å². The molecule has 11 heteroatoms. The Morgan fingerprint density at radius 2 is 1.70 bits per heavy atom. The SMILES string of the molecule is O=C(Nc1ccc(N2CCOCC2)c(F)c1)C1CCN(S(=O)(=O)c2ccc(F)c(Cl)c2)CC1. The molecule has 0 bridgehead atoms. The van der Waals surface area contributed by atoms with Gasteiger partial charge in [-0.05, 0) is 49.2 Å². The minimum Gasteiger partial charge on any atom is -0.378 e. The number of hydrogen-bond donors (Lipinski definition) is 1. The maximum atomic E-state index is 14.6. The summed E-state index contributed by atoms with van der Waals surface area (Å²) in [6.45, 7) is 2.57. The van der Waals surface area contributed by atoms with Gasteiger partial charge in [0.05, 0.1) is 28.8 Å². The van der Waals surface area contributed by atoms with Crippen LogP contribution in [0.3, 0.4) is 0 Å². The lowest BCUT2D eigenvalue weighted by Crippen LogP contribution is -2.41. The zero-order valence-electron chi connectivity index (χ0n) is 17.8. The Morgan fingerprint density at radius 3 is 2.33 bits per heavy atom. The molecule has 178 valence electrons. The van der Waals surface area contributed by atoms with Crippen LogP contribution in [0.25, 0.3) is 0 Å². The highest BCUT2D eigenvalue weighted by molar-refractivity contribution is 7.89. The number of benzene rings is 2. The predicted octanol–water partition coefficient (Wildman–Crippen LogP) is 3.49. The van der Waals surface area contributed by atoms with Gasteiger partial charge >= 0.3 is 0 Å². The number of halogens is 3. The predicted molar refractivity (Wildman–Crippen MR) is 121 cm³/mol. The van der Waals surface area contributed by atoms with Gasteiger partial charge in [0.25, 0.3) is 0 Å². The fourth-order valence-electron chi connectivity index (χ4n) is 4.03. The Balaban J connectivity index is 1.35. The Hall–Kier alpha value is -2.27. The van der Waals surface area contributed by atoms with Crippen LogP contribution in [0.1, 0.15) is 12.8 Å². The minimum absolute atomic E-state index is 0.0902. The van der Waals surface area contributed by atoms with Crippen molar-refractivity contribution >= 4 is 38.9 Å². The van der Waals surface area contributed by atoms with E-state index >= 15 is 0 Å². The molecule has 1 N–H and O–H groups in total. The molecule has 0 unspecified atom stereocenters. The molecule has 1 amide bonds. The van der Waals surface area contributed by atoms with Crippen molar-refractivity contribution in [3.05, 3.63) is 53.1 Å². The van der Waals surface area contributed by atoms with Gasteiger partial charge in [0.1, 0.15) is 11.6 Å². The maximum Gasteiger partial charge on any atom is 0.243 e. The molecule has 2 heterocycles. The summed E-state index contributed by atoms with van der Waals surface area (Å²) in [5.74, 6) is -1.81. The molecule has 2 fully saturated rings. The summed E-state index contributed by atoms with van der Waals surface area (Å²) >= 11 is 5.72. The minimum atomic E-state index is -3.84. The van der Waals surface area contributed by atoms with E-state index in [2.05, 4.69) is 5.32 Å². The molecule has 4 rings (SSSR count). The summed E-state index contributed by atoms with van der Waals surface area (Å²) in [7, 11) is -3.84. The lowest BCUT2D eigenvalue weighted by molar-refractivity contribution is -0.120. The van der Waals surface area contributed by atoms with E-state index in [1.807, 2.05) is 4.90 Å². The second-order valence-electron chi connectivity index (χ2n) is 8.01. The number of carbonyl (C=O) groups excluding carboxylic acids is 1. The number of piperidine rings is 1. The van der Waals surface area contributed by atoms with E-state index in [0.29, 0.717) is 50.5 Å². The number of amides is 1. The van der Waals surface area contributed by atoms with Gasteiger partial charge in [-0.3, -0.25) is 4.79 Å². The van der Waals surface area contributed by atoms with Crippen molar-refractivity contribution in [1.82, 2.24) is 4.31 Å². The summed E-state index contributed by atoms with van der Waals surface area (Å²) in [6.07, 6.45) is 0.628. The number of morpholine rings is 1. The number of anilines is 2. The van der Waals surface area contributed by atoms with Crippen LogP contribution in [0.5, 0.6) is 0 Å². The highest BCUT2D eigenvalue weighted by atomic mass is 35.5. The standard InChI is InChI=1S/C22H24ClF2N3O4S/c23-18-14-17(2-3-19(18)24)33(30,31)28-7-5-15(6-8-28)22(29)26-16-1-4-21(20(25)13-16)27-9-11-32-12-10-27/h1-4,13-15H,5-12H2,(H,26,29). The molecule has 0 atom stereocenters. The van der Waals surface area contributed by atoms with Crippen molar-refractivity contribution in [2.75, 3.05) is 49.6 Å². The van der Waals surface area contributed by atoms with Crippen molar-refractivity contribution in [3.8, 4) is 0 Å². The van der Waals surface area contributed by atoms with Crippen LogP contribution in [0.15, 0.2) is 41.3 Å². The largest absolute Gasteiger partial charge is 0.378 e. The van der Waals surface area contributed by atoms with E-state index in [9.17, 15) is 22.0 Å². The third-order valence-electron chi connectivity index (χ3n) is 5.92. The molecule has 0 aliphatic carbocycles. The molecule has 7 nitrogen and oxygen atoms in total. The summed E-state index contributed by atoms with van der Waals surface area (Å²) in [6, 6.07) is 7.85. The number of nitrogens with zero attached hydrogens (tertiary/aromatic N) is 2. The zero-order valence-corrected chi connectivity index (χ0v) is 19.3. The fourth-order valence-corrected chi connectivity index (χ4v) is 5.78. The zero-order chi connectivity index (χ0) is 23.6. The van der Waals surface area contributed by atoms with E-state index in [4.69, 9.17) is 16.3 Å². The topological polar surface area (TPSA) is 79.0 Å². The van der Waals surface area contributed by atoms with Crippen molar-refractivity contribution in [2.24, 2.45) is 5.92 Å². The lowest BCUT2D eigenvalue weighted by Gasteiger charge is -2.31. The van der Waals surface area contributed by atoms with Gasteiger partial charge < -0.3 is 15.0 Å². The number of carbonyl (C=O) groups is 1. The molecule has 33 heavy (non-hydrogen) atoms. The molecule has 0 aromatic heterocycles. The number of rotatable bonds is 5. The molecule has 2 aliphatic rings. The smallest absolute Gasteiger partial charge is 0.243 e. The van der Waals surface area contributed by atoms with Gasteiger partial charge in [0.15, 0.2) is 0 Å². The van der Waals surface area contributed by atoms with Crippen molar-refractivity contribution in [1.29, 1.82) is 0 Å². The third kappa shape index (κ3) is 5.29. The van der Waals surface area contributed by atoms with Gasteiger partial charge in [0, 0.05) is 37.8 Å². The van der Waals surface area contributed by atoms with Crippen molar-refractivity contribution in [3.63, 3.8) is 0 Å². The van der Waals surface area contributed by atoms with Crippen LogP contribution in [-0.2, 0) is 19.6 Å². The van der Waals surface area contributed by atoms with Crippen LogP contribution < -0.4 is 10.2 Å². The number of ether oxygens (including phenoxy) is 1. The molecule has 0 saturated carbocycles. The number of sulfonamides is 1. The molecule has 2 aromatic carbocycles. The van der Waals surface area contributed by atoms with Gasteiger partial charge in [0.2, 0.25) is 15.9 Å². The maximum absolute atomic E-state index is 14.6. The first-order chi connectivity index (χ1) is 15.8. The van der Waals surface area contributed by atoms with E-state index < -0.39 is 27.6 Å². The Morgan fingerprint density at radius 1 is 1.00 bits per heavy atom. The first-order valence-corrected chi connectivity index (χ1v) is 12.5. The summed E-state index contributed by atoms with van der Waals surface area (Å²) in [5.41, 5.74) is 0.821. The summed E-state index contributed by atoms with van der Waals surface area (Å²) in [5, 5.41) is 2.47. The first kappa shape index (κ1) is 23.9. The van der Waals surface area contributed by atoms with Crippen molar-refractivity contribution < 1.29 is 26.7 Å². The fraction of sp³-hybridized carbons (Fsp3) is 0.409. The summed E-state index contributed by atoms with van der Waals surface area (Å²) in [4.78, 5) is 14.5. The lowest BCUT2D eigenvalue weighted by atomic mass is 9.97. The third-order valence-corrected chi connectivity index (χ3v) is 8.10. The van der Waals surface area contributed by atoms with E-state index in [1.165, 1.54) is 16.4 Å². The Labute approximate surface area is 196 Å². The Kier molecular flexibility index (Phi) is 7.18. The second-order valence-corrected chi connectivity index (χ2v) is 10.4. The number of hydrogen-bond acceptors (Lipinski definition) is 5. The average Bonchev–Trinajstić information content (AvgIpc) is 2.81. The van der Waals surface area contributed by atoms with E-state index in [1.54, 1.807) is 12.1 Å². The monoisotopic (exact) mass is 499 g/mol. The summed E-state index contributed by atoms with van der Waals surface area (Å²) < 4.78 is 60.1. The highest BCUT2D eigenvalue weighted by Crippen LogP contribution is 2.28. The molecule has 2 aliphatic heterocycles.